The van der Waals surface area contributed by atoms with Crippen molar-refractivity contribution >= 4 is 29.2 Å². The Kier molecular flexibility index (Phi) is 5.75. The average molecular weight is 405 g/mol. The van der Waals surface area contributed by atoms with Crippen LogP contribution in [-0.2, 0) is 6.54 Å². The van der Waals surface area contributed by atoms with Crippen molar-refractivity contribution < 1.29 is 0 Å². The van der Waals surface area contributed by atoms with Crippen LogP contribution in [0.15, 0.2) is 94.6 Å². The largest absolute Gasteiger partial charge is 0.265 e. The Morgan fingerprint density at radius 1 is 1.00 bits per heavy atom. The molecule has 0 unspecified atom stereocenters. The second kappa shape index (κ2) is 8.78. The van der Waals surface area contributed by atoms with Crippen LogP contribution in [0.4, 0.5) is 0 Å². The smallest absolute Gasteiger partial charge is 0.206 e. The fourth-order valence-electron chi connectivity index (χ4n) is 2.68. The van der Waals surface area contributed by atoms with Crippen molar-refractivity contribution in [2.45, 2.75) is 6.54 Å². The minimum Gasteiger partial charge on any atom is -0.265 e. The van der Waals surface area contributed by atoms with E-state index in [0.717, 1.165) is 27.2 Å². The van der Waals surface area contributed by atoms with Gasteiger partial charge >= 0.3 is 0 Å². The molecule has 0 aliphatic carbocycles. The molecule has 2 heterocycles. The SMILES string of the molecule is Clc1cccc(-c2csc(=NCc3ccccc3)n2N=Cc2ccncc2)c1. The van der Waals surface area contributed by atoms with Gasteiger partial charge in [0.2, 0.25) is 4.80 Å². The third kappa shape index (κ3) is 4.44. The molecule has 138 valence electrons. The third-order valence-electron chi connectivity index (χ3n) is 4.07. The second-order valence-corrected chi connectivity index (χ2v) is 7.33. The number of aromatic nitrogens is 2. The zero-order valence-corrected chi connectivity index (χ0v) is 16.5. The number of hydrogen-bond donors (Lipinski definition) is 0. The Bertz CT molecular complexity index is 1150. The Morgan fingerprint density at radius 3 is 2.61 bits per heavy atom. The van der Waals surface area contributed by atoms with Crippen molar-refractivity contribution in [2.75, 3.05) is 0 Å². The van der Waals surface area contributed by atoms with Gasteiger partial charge in [-0.1, -0.05) is 54.1 Å². The van der Waals surface area contributed by atoms with Crippen molar-refractivity contribution in [1.82, 2.24) is 9.66 Å². The summed E-state index contributed by atoms with van der Waals surface area (Å²) in [6.07, 6.45) is 5.31. The van der Waals surface area contributed by atoms with Crippen LogP contribution in [0.5, 0.6) is 0 Å². The summed E-state index contributed by atoms with van der Waals surface area (Å²) in [5.41, 5.74) is 4.08. The standard InChI is InChI=1S/C22H17ClN4S/c23-20-8-4-7-19(13-20)21-16-28-22(25-14-17-5-2-1-3-6-17)27(21)26-15-18-9-11-24-12-10-18/h1-13,15-16H,14H2. The molecule has 4 nitrogen and oxygen atoms in total. The van der Waals surface area contributed by atoms with Gasteiger partial charge < -0.3 is 0 Å². The molecular weight excluding hydrogens is 388 g/mol. The topological polar surface area (TPSA) is 42.5 Å². The van der Waals surface area contributed by atoms with Crippen molar-refractivity contribution in [3.8, 4) is 11.3 Å². The molecule has 0 spiro atoms. The van der Waals surface area contributed by atoms with Crippen molar-refractivity contribution in [1.29, 1.82) is 0 Å². The summed E-state index contributed by atoms with van der Waals surface area (Å²) < 4.78 is 1.86. The molecule has 0 radical (unpaired) electrons. The molecule has 0 aliphatic rings. The molecule has 28 heavy (non-hydrogen) atoms. The Morgan fingerprint density at radius 2 is 1.82 bits per heavy atom. The molecule has 0 atom stereocenters. The third-order valence-corrected chi connectivity index (χ3v) is 5.16. The summed E-state index contributed by atoms with van der Waals surface area (Å²) in [5, 5.41) is 7.44. The highest BCUT2D eigenvalue weighted by molar-refractivity contribution is 7.07. The lowest BCUT2D eigenvalue weighted by atomic mass is 10.2. The number of halogens is 1. The maximum Gasteiger partial charge on any atom is 0.206 e. The monoisotopic (exact) mass is 404 g/mol. The van der Waals surface area contributed by atoms with Crippen LogP contribution in [0.3, 0.4) is 0 Å². The summed E-state index contributed by atoms with van der Waals surface area (Å²) in [5.74, 6) is 0. The van der Waals surface area contributed by atoms with Gasteiger partial charge in [0.25, 0.3) is 0 Å². The minimum atomic E-state index is 0.598. The van der Waals surface area contributed by atoms with Crippen molar-refractivity contribution in [3.05, 3.63) is 105 Å². The van der Waals surface area contributed by atoms with E-state index in [1.807, 2.05) is 65.5 Å². The molecule has 2 aromatic heterocycles. The van der Waals surface area contributed by atoms with E-state index in [1.165, 1.54) is 0 Å². The Hall–Kier alpha value is -3.02. The summed E-state index contributed by atoms with van der Waals surface area (Å²) in [6.45, 7) is 0.598. The van der Waals surface area contributed by atoms with Gasteiger partial charge in [-0.2, -0.15) is 5.10 Å². The zero-order chi connectivity index (χ0) is 19.2. The molecule has 6 heteroatoms. The molecular formula is C22H17ClN4S. The average Bonchev–Trinajstić information content (AvgIpc) is 3.15. The number of rotatable bonds is 5. The summed E-state index contributed by atoms with van der Waals surface area (Å²) in [4.78, 5) is 9.65. The van der Waals surface area contributed by atoms with Crippen LogP contribution < -0.4 is 4.80 Å². The van der Waals surface area contributed by atoms with Crippen LogP contribution in [0.1, 0.15) is 11.1 Å². The lowest BCUT2D eigenvalue weighted by Gasteiger charge is -2.04. The molecule has 2 aromatic carbocycles. The predicted molar refractivity (Wildman–Crippen MR) is 116 cm³/mol. The summed E-state index contributed by atoms with van der Waals surface area (Å²) >= 11 is 7.75. The Labute approximate surface area is 172 Å². The van der Waals surface area contributed by atoms with Crippen LogP contribution in [0, 0.1) is 0 Å². The summed E-state index contributed by atoms with van der Waals surface area (Å²) in [6, 6.07) is 21.8. The fourth-order valence-corrected chi connectivity index (χ4v) is 3.71. The number of thiazole rings is 1. The van der Waals surface area contributed by atoms with E-state index in [2.05, 4.69) is 22.5 Å². The van der Waals surface area contributed by atoms with E-state index in [-0.39, 0.29) is 0 Å². The molecule has 0 fully saturated rings. The molecule has 0 saturated heterocycles. The van der Waals surface area contributed by atoms with Crippen molar-refractivity contribution in [3.63, 3.8) is 0 Å². The molecule has 0 saturated carbocycles. The first kappa shape index (κ1) is 18.3. The van der Waals surface area contributed by atoms with Crippen LogP contribution in [0.25, 0.3) is 11.3 Å². The predicted octanol–water partition coefficient (Wildman–Crippen LogP) is 5.25. The van der Waals surface area contributed by atoms with Gasteiger partial charge in [-0.3, -0.25) is 9.98 Å². The van der Waals surface area contributed by atoms with Crippen LogP contribution in [-0.4, -0.2) is 15.9 Å². The van der Waals surface area contributed by atoms with E-state index >= 15 is 0 Å². The van der Waals surface area contributed by atoms with E-state index < -0.39 is 0 Å². The number of pyridine rings is 1. The first-order valence-corrected chi connectivity index (χ1v) is 10.0. The maximum atomic E-state index is 6.19. The fraction of sp³-hybridized carbons (Fsp3) is 0.0455. The maximum absolute atomic E-state index is 6.19. The van der Waals surface area contributed by atoms with E-state index in [1.54, 1.807) is 23.7 Å². The summed E-state index contributed by atoms with van der Waals surface area (Å²) in [7, 11) is 0. The molecule has 0 aliphatic heterocycles. The molecule has 0 N–H and O–H groups in total. The molecule has 0 amide bonds. The molecule has 4 rings (SSSR count). The van der Waals surface area contributed by atoms with Gasteiger partial charge in [0.15, 0.2) is 0 Å². The van der Waals surface area contributed by atoms with E-state index in [4.69, 9.17) is 21.7 Å². The first-order valence-electron chi connectivity index (χ1n) is 8.75. The van der Waals surface area contributed by atoms with Crippen molar-refractivity contribution in [2.24, 2.45) is 10.1 Å². The second-order valence-electron chi connectivity index (χ2n) is 6.05. The Balaban J connectivity index is 1.76. The van der Waals surface area contributed by atoms with Gasteiger partial charge in [0, 0.05) is 28.4 Å². The highest BCUT2D eigenvalue weighted by Crippen LogP contribution is 2.23. The lowest BCUT2D eigenvalue weighted by Crippen LogP contribution is -2.12. The highest BCUT2D eigenvalue weighted by Gasteiger charge is 2.08. The molecule has 0 bridgehead atoms. The first-order chi connectivity index (χ1) is 13.8. The zero-order valence-electron chi connectivity index (χ0n) is 14.9. The van der Waals surface area contributed by atoms with Crippen LogP contribution >= 0.6 is 22.9 Å². The number of nitrogens with zero attached hydrogens (tertiary/aromatic N) is 4. The van der Waals surface area contributed by atoms with Gasteiger partial charge in [-0.15, -0.1) is 11.3 Å². The lowest BCUT2D eigenvalue weighted by molar-refractivity contribution is 0.824. The van der Waals surface area contributed by atoms with Gasteiger partial charge in [-0.25, -0.2) is 4.68 Å². The minimum absolute atomic E-state index is 0.598. The van der Waals surface area contributed by atoms with Crippen LogP contribution in [0.2, 0.25) is 5.02 Å². The quantitative estimate of drug-likeness (QED) is 0.419. The van der Waals surface area contributed by atoms with E-state index in [9.17, 15) is 0 Å². The number of benzene rings is 2. The van der Waals surface area contributed by atoms with Gasteiger partial charge in [-0.05, 0) is 35.4 Å². The normalized spacial score (nSPS) is 12.0. The van der Waals surface area contributed by atoms with Gasteiger partial charge in [0.1, 0.15) is 0 Å². The highest BCUT2D eigenvalue weighted by atomic mass is 35.5. The molecule has 4 aromatic rings. The van der Waals surface area contributed by atoms with Gasteiger partial charge in [0.05, 0.1) is 18.5 Å². The number of hydrogen-bond acceptors (Lipinski definition) is 4. The van der Waals surface area contributed by atoms with E-state index in [0.29, 0.717) is 11.6 Å².